The van der Waals surface area contributed by atoms with Crippen molar-refractivity contribution in [2.24, 2.45) is 0 Å². The molecule has 1 heterocycles. The molecule has 0 aliphatic heterocycles. The largest absolute Gasteiger partial charge is 0.309 e. The monoisotopic (exact) mass is 253 g/mol. The summed E-state index contributed by atoms with van der Waals surface area (Å²) in [4.78, 5) is 1.31. The predicted octanol–water partition coefficient (Wildman–Crippen LogP) is 3.50. The van der Waals surface area contributed by atoms with Crippen molar-refractivity contribution < 1.29 is 0 Å². The molecule has 0 amide bonds. The van der Waals surface area contributed by atoms with Gasteiger partial charge in [0.1, 0.15) is 0 Å². The smallest absolute Gasteiger partial charge is 0.0803 e. The molecule has 1 rings (SSSR count). The number of allylic oxidation sites excluding steroid dienone is 1. The van der Waals surface area contributed by atoms with E-state index in [0.29, 0.717) is 6.04 Å². The van der Waals surface area contributed by atoms with Crippen LogP contribution in [-0.4, -0.2) is 16.1 Å². The normalized spacial score (nSPS) is 12.6. The molecule has 0 aliphatic rings. The molecule has 0 saturated carbocycles. The highest BCUT2D eigenvalue weighted by atomic mass is 32.1. The van der Waals surface area contributed by atoms with Crippen LogP contribution in [0.2, 0.25) is 0 Å². The van der Waals surface area contributed by atoms with E-state index in [1.54, 1.807) is 0 Å². The first-order chi connectivity index (χ1) is 8.19. The van der Waals surface area contributed by atoms with Gasteiger partial charge in [-0.05, 0) is 44.3 Å². The van der Waals surface area contributed by atoms with Crippen LogP contribution in [0.25, 0.3) is 0 Å². The van der Waals surface area contributed by atoms with Gasteiger partial charge in [0.2, 0.25) is 0 Å². The summed E-state index contributed by atoms with van der Waals surface area (Å²) in [5.41, 5.74) is 2.41. The third-order valence-electron chi connectivity index (χ3n) is 2.70. The maximum absolute atomic E-state index is 4.24. The van der Waals surface area contributed by atoms with Crippen LogP contribution in [0.3, 0.4) is 0 Å². The Morgan fingerprint density at radius 2 is 2.24 bits per heavy atom. The summed E-state index contributed by atoms with van der Waals surface area (Å²) in [5.74, 6) is 0. The first kappa shape index (κ1) is 14.3. The Balaban J connectivity index is 2.73. The Hall–Kier alpha value is -0.740. The number of hydrogen-bond acceptors (Lipinski definition) is 4. The average Bonchev–Trinajstić information content (AvgIpc) is 2.73. The molecule has 0 radical (unpaired) electrons. The maximum Gasteiger partial charge on any atom is 0.0803 e. The number of aromatic nitrogens is 2. The highest BCUT2D eigenvalue weighted by molar-refractivity contribution is 7.05. The molecule has 1 aromatic rings. The average molecular weight is 253 g/mol. The SMILES string of the molecule is C=C(C)CCC(NCC)c1snnc1CCC. The van der Waals surface area contributed by atoms with Gasteiger partial charge in [-0.2, -0.15) is 0 Å². The Labute approximate surface area is 108 Å². The zero-order valence-electron chi connectivity index (χ0n) is 11.1. The van der Waals surface area contributed by atoms with Crippen molar-refractivity contribution >= 4 is 11.5 Å². The quantitative estimate of drug-likeness (QED) is 0.721. The van der Waals surface area contributed by atoms with Gasteiger partial charge in [-0.15, -0.1) is 11.7 Å². The van der Waals surface area contributed by atoms with E-state index in [2.05, 4.69) is 42.3 Å². The van der Waals surface area contributed by atoms with E-state index in [1.165, 1.54) is 27.7 Å². The summed E-state index contributed by atoms with van der Waals surface area (Å²) in [6, 6.07) is 0.387. The Morgan fingerprint density at radius 1 is 1.47 bits per heavy atom. The van der Waals surface area contributed by atoms with Gasteiger partial charge < -0.3 is 5.32 Å². The fourth-order valence-corrected chi connectivity index (χ4v) is 2.66. The predicted molar refractivity (Wildman–Crippen MR) is 74.4 cm³/mol. The van der Waals surface area contributed by atoms with Crippen molar-refractivity contribution in [2.45, 2.75) is 52.5 Å². The molecule has 1 aromatic heterocycles. The number of nitrogens with zero attached hydrogens (tertiary/aromatic N) is 2. The maximum atomic E-state index is 4.24. The second kappa shape index (κ2) is 7.56. The Kier molecular flexibility index (Phi) is 6.37. The standard InChI is InChI=1S/C13H23N3S/c1-5-7-12-13(17-16-15-12)11(14-6-2)9-8-10(3)4/h11,14H,3,5-9H2,1-2,4H3. The van der Waals surface area contributed by atoms with Gasteiger partial charge in [-0.1, -0.05) is 30.3 Å². The van der Waals surface area contributed by atoms with Crippen molar-refractivity contribution in [3.05, 3.63) is 22.7 Å². The second-order valence-electron chi connectivity index (χ2n) is 4.44. The summed E-state index contributed by atoms with van der Waals surface area (Å²) in [7, 11) is 0. The minimum absolute atomic E-state index is 0.387. The van der Waals surface area contributed by atoms with E-state index < -0.39 is 0 Å². The number of rotatable bonds is 8. The minimum Gasteiger partial charge on any atom is -0.309 e. The molecule has 1 unspecified atom stereocenters. The van der Waals surface area contributed by atoms with Crippen LogP contribution < -0.4 is 5.32 Å². The van der Waals surface area contributed by atoms with E-state index in [9.17, 15) is 0 Å². The summed E-state index contributed by atoms with van der Waals surface area (Å²) < 4.78 is 4.10. The molecule has 3 nitrogen and oxygen atoms in total. The molecule has 0 spiro atoms. The minimum atomic E-state index is 0.387. The van der Waals surface area contributed by atoms with Crippen molar-refractivity contribution in [3.8, 4) is 0 Å². The lowest BCUT2D eigenvalue weighted by atomic mass is 10.0. The van der Waals surface area contributed by atoms with Crippen molar-refractivity contribution in [2.75, 3.05) is 6.54 Å². The van der Waals surface area contributed by atoms with Crippen LogP contribution in [0.5, 0.6) is 0 Å². The fourth-order valence-electron chi connectivity index (χ4n) is 1.85. The van der Waals surface area contributed by atoms with Gasteiger partial charge in [0, 0.05) is 6.04 Å². The summed E-state index contributed by atoms with van der Waals surface area (Å²) in [6.45, 7) is 11.4. The second-order valence-corrected chi connectivity index (χ2v) is 5.23. The molecule has 0 aromatic carbocycles. The molecule has 1 atom stereocenters. The molecule has 4 heteroatoms. The van der Waals surface area contributed by atoms with Crippen LogP contribution in [0, 0.1) is 0 Å². The molecule has 96 valence electrons. The number of hydrogen-bond donors (Lipinski definition) is 1. The van der Waals surface area contributed by atoms with Crippen molar-refractivity contribution in [1.29, 1.82) is 0 Å². The van der Waals surface area contributed by atoms with Gasteiger partial charge in [0.15, 0.2) is 0 Å². The van der Waals surface area contributed by atoms with Gasteiger partial charge in [-0.25, -0.2) is 0 Å². The van der Waals surface area contributed by atoms with E-state index >= 15 is 0 Å². The van der Waals surface area contributed by atoms with E-state index in [1.807, 2.05) is 0 Å². The molecule has 17 heavy (non-hydrogen) atoms. The van der Waals surface area contributed by atoms with Crippen LogP contribution >= 0.6 is 11.5 Å². The Bertz CT molecular complexity index is 346. The van der Waals surface area contributed by atoms with Gasteiger partial charge in [0.25, 0.3) is 0 Å². The Morgan fingerprint density at radius 3 is 2.82 bits per heavy atom. The van der Waals surface area contributed by atoms with Crippen LogP contribution in [0.15, 0.2) is 12.2 Å². The van der Waals surface area contributed by atoms with Crippen LogP contribution in [0.1, 0.15) is 56.6 Å². The lowest BCUT2D eigenvalue weighted by molar-refractivity contribution is 0.517. The van der Waals surface area contributed by atoms with E-state index in [0.717, 1.165) is 32.2 Å². The first-order valence-electron chi connectivity index (χ1n) is 6.37. The van der Waals surface area contributed by atoms with Crippen molar-refractivity contribution in [1.82, 2.24) is 14.9 Å². The zero-order chi connectivity index (χ0) is 12.7. The molecule has 0 bridgehead atoms. The lowest BCUT2D eigenvalue weighted by Gasteiger charge is -2.17. The summed E-state index contributed by atoms with van der Waals surface area (Å²) in [6.07, 6.45) is 4.30. The van der Waals surface area contributed by atoms with Crippen molar-refractivity contribution in [3.63, 3.8) is 0 Å². The molecular formula is C13H23N3S. The summed E-state index contributed by atoms with van der Waals surface area (Å²) >= 11 is 1.54. The highest BCUT2D eigenvalue weighted by Crippen LogP contribution is 2.26. The third kappa shape index (κ3) is 4.56. The fraction of sp³-hybridized carbons (Fsp3) is 0.692. The molecule has 0 aliphatic carbocycles. The first-order valence-corrected chi connectivity index (χ1v) is 7.15. The summed E-state index contributed by atoms with van der Waals surface area (Å²) in [5, 5.41) is 7.77. The zero-order valence-corrected chi connectivity index (χ0v) is 11.9. The number of aryl methyl sites for hydroxylation is 1. The van der Waals surface area contributed by atoms with Gasteiger partial charge >= 0.3 is 0 Å². The lowest BCUT2D eigenvalue weighted by Crippen LogP contribution is -2.21. The van der Waals surface area contributed by atoms with Crippen LogP contribution in [-0.2, 0) is 6.42 Å². The number of nitrogens with one attached hydrogen (secondary N) is 1. The van der Waals surface area contributed by atoms with E-state index in [-0.39, 0.29) is 0 Å². The molecule has 0 fully saturated rings. The molecule has 0 saturated heterocycles. The van der Waals surface area contributed by atoms with Crippen LogP contribution in [0.4, 0.5) is 0 Å². The third-order valence-corrected chi connectivity index (χ3v) is 3.58. The highest BCUT2D eigenvalue weighted by Gasteiger charge is 2.17. The topological polar surface area (TPSA) is 37.8 Å². The molecule has 1 N–H and O–H groups in total. The van der Waals surface area contributed by atoms with Gasteiger partial charge in [-0.3, -0.25) is 0 Å². The molecular weight excluding hydrogens is 230 g/mol. The van der Waals surface area contributed by atoms with E-state index in [4.69, 9.17) is 0 Å². The van der Waals surface area contributed by atoms with Gasteiger partial charge in [0.05, 0.1) is 10.6 Å².